The van der Waals surface area contributed by atoms with Gasteiger partial charge in [0.25, 0.3) is 0 Å². The number of rotatable bonds is 2. The van der Waals surface area contributed by atoms with Gasteiger partial charge in [-0.05, 0) is 0 Å². The summed E-state index contributed by atoms with van der Waals surface area (Å²) in [5, 5.41) is 0. The Morgan fingerprint density at radius 2 is 1.54 bits per heavy atom. The van der Waals surface area contributed by atoms with Crippen LogP contribution in [0, 0.1) is 0 Å². The summed E-state index contributed by atoms with van der Waals surface area (Å²) >= 11 is -0.815. The minimum atomic E-state index is -0.815. The molecule has 2 rings (SSSR count). The minimum Gasteiger partial charge on any atom is -1.00 e. The normalized spacial score (nSPS) is 13.8. The molecule has 1 aromatic heterocycles. The molecule has 24 heavy (non-hydrogen) atoms. The van der Waals surface area contributed by atoms with E-state index in [4.69, 9.17) is 0 Å². The predicted molar refractivity (Wildman–Crippen MR) is 93.4 cm³/mol. The van der Waals surface area contributed by atoms with E-state index < -0.39 is 23.2 Å². The summed E-state index contributed by atoms with van der Waals surface area (Å²) in [5.41, 5.74) is 6.34. The van der Waals surface area contributed by atoms with Crippen molar-refractivity contribution in [3.63, 3.8) is 0 Å². The molecule has 1 N–H and O–H groups in total. The summed E-state index contributed by atoms with van der Waals surface area (Å²) in [7, 11) is 0. The Morgan fingerprint density at radius 3 is 2.00 bits per heavy atom. The third-order valence-electron chi connectivity index (χ3n) is 4.05. The van der Waals surface area contributed by atoms with E-state index in [1.807, 2.05) is 0 Å². The molecule has 0 saturated carbocycles. The van der Waals surface area contributed by atoms with Gasteiger partial charge in [-0.2, -0.15) is 0 Å². The number of allylic oxidation sites excluding steroid dienone is 6. The minimum absolute atomic E-state index is 0. The SMILES string of the molecule is CC(C)=C1C=CC=[C]1[Zr+2][c]1[nH]cc(C(C)(C)C)c1C(C)(C)C.[Cl-].[Cl-]. The fourth-order valence-electron chi connectivity index (χ4n) is 2.99. The molecule has 1 aliphatic carbocycles. The Hall–Kier alpha value is -0.0369. The first-order valence-corrected chi connectivity index (χ1v) is 10.5. The number of H-pyrrole nitrogens is 1. The molecule has 0 radical (unpaired) electrons. The number of halogens is 2. The van der Waals surface area contributed by atoms with Gasteiger partial charge in [0.2, 0.25) is 0 Å². The Morgan fingerprint density at radius 1 is 0.958 bits per heavy atom. The van der Waals surface area contributed by atoms with Crippen LogP contribution in [0.15, 0.2) is 38.9 Å². The molecular weight excluding hydrogens is 416 g/mol. The Kier molecular flexibility index (Phi) is 8.55. The van der Waals surface area contributed by atoms with Gasteiger partial charge >= 0.3 is 148 Å². The van der Waals surface area contributed by atoms with Crippen molar-refractivity contribution in [2.24, 2.45) is 0 Å². The zero-order valence-corrected chi connectivity index (χ0v) is 20.0. The van der Waals surface area contributed by atoms with Gasteiger partial charge in [-0.25, -0.2) is 0 Å². The summed E-state index contributed by atoms with van der Waals surface area (Å²) in [6.07, 6.45) is 9.08. The van der Waals surface area contributed by atoms with Crippen molar-refractivity contribution in [2.75, 3.05) is 0 Å². The maximum absolute atomic E-state index is 3.66. The van der Waals surface area contributed by atoms with Crippen molar-refractivity contribution in [3.05, 3.63) is 50.0 Å². The second kappa shape index (κ2) is 8.56. The van der Waals surface area contributed by atoms with Gasteiger partial charge in [-0.1, -0.05) is 0 Å². The van der Waals surface area contributed by atoms with E-state index >= 15 is 0 Å². The smallest absolute Gasteiger partial charge is 1.00 e. The number of nitrogens with one attached hydrogen (secondary N) is 1. The van der Waals surface area contributed by atoms with Crippen LogP contribution in [-0.2, 0) is 34.1 Å². The molecular formula is C20H29Cl2NZr. The standard InChI is InChI=1S/C12H20N.C8H9.2ClH.Zr/c1-11(2,3)9-7-13-8-10(9)12(4,5)6;1-7(2)8-5-3-4-6-8;;;/h7,13H,1-6H3;3-5H,1-2H3;2*1H;/q;;;;+2/p-2. The van der Waals surface area contributed by atoms with Gasteiger partial charge in [0, 0.05) is 0 Å². The van der Waals surface area contributed by atoms with Gasteiger partial charge in [0.15, 0.2) is 0 Å². The Labute approximate surface area is 171 Å². The molecule has 1 heterocycles. The van der Waals surface area contributed by atoms with Gasteiger partial charge in [0.05, 0.1) is 0 Å². The molecule has 0 unspecified atom stereocenters. The van der Waals surface area contributed by atoms with Gasteiger partial charge in [0.1, 0.15) is 0 Å². The predicted octanol–water partition coefficient (Wildman–Crippen LogP) is -0.884. The molecule has 4 heteroatoms. The number of hydrogen-bond donors (Lipinski definition) is 1. The van der Waals surface area contributed by atoms with Crippen molar-refractivity contribution in [1.82, 2.24) is 4.98 Å². The Balaban J connectivity index is 0.00000264. The van der Waals surface area contributed by atoms with Gasteiger partial charge < -0.3 is 24.8 Å². The van der Waals surface area contributed by atoms with Crippen molar-refractivity contribution < 1.29 is 48.0 Å². The second-order valence-corrected chi connectivity index (χ2v) is 11.6. The van der Waals surface area contributed by atoms with E-state index in [9.17, 15) is 0 Å². The van der Waals surface area contributed by atoms with Crippen LogP contribution in [0.25, 0.3) is 0 Å². The first-order chi connectivity index (χ1) is 10.0. The molecule has 1 aromatic rings. The first kappa shape index (κ1) is 24.0. The molecule has 0 aliphatic heterocycles. The van der Waals surface area contributed by atoms with E-state index in [1.165, 1.54) is 20.1 Å². The molecule has 0 atom stereocenters. The summed E-state index contributed by atoms with van der Waals surface area (Å²) in [6.45, 7) is 18.4. The van der Waals surface area contributed by atoms with E-state index in [1.54, 1.807) is 8.84 Å². The number of aromatic amines is 1. The van der Waals surface area contributed by atoms with E-state index in [0.29, 0.717) is 0 Å². The van der Waals surface area contributed by atoms with Crippen LogP contribution < -0.4 is 28.2 Å². The molecule has 1 aliphatic rings. The Bertz CT molecular complexity index is 661. The average molecular weight is 446 g/mol. The zero-order chi connectivity index (χ0) is 16.7. The van der Waals surface area contributed by atoms with E-state index in [0.717, 1.165) is 0 Å². The first-order valence-electron chi connectivity index (χ1n) is 8.07. The molecule has 0 spiro atoms. The maximum atomic E-state index is 3.66. The summed E-state index contributed by atoms with van der Waals surface area (Å²) in [5.74, 6) is 0. The fraction of sp³-hybridized carbons (Fsp3) is 0.500. The molecule has 0 aromatic carbocycles. The van der Waals surface area contributed by atoms with Crippen LogP contribution in [0.3, 0.4) is 0 Å². The van der Waals surface area contributed by atoms with Gasteiger partial charge in [-0.3, -0.25) is 0 Å². The number of aromatic nitrogens is 1. The zero-order valence-electron chi connectivity index (χ0n) is 16.1. The monoisotopic (exact) mass is 443 g/mol. The van der Waals surface area contributed by atoms with Crippen LogP contribution >= 0.6 is 0 Å². The molecule has 0 amide bonds. The average Bonchev–Trinajstić information content (AvgIpc) is 2.93. The molecule has 1 nitrogen and oxygen atoms in total. The quantitative estimate of drug-likeness (QED) is 0.609. The molecule has 132 valence electrons. The maximum Gasteiger partial charge on any atom is -1.00 e. The van der Waals surface area contributed by atoms with Crippen molar-refractivity contribution in [1.29, 1.82) is 0 Å². The molecule has 0 bridgehead atoms. The topological polar surface area (TPSA) is 15.8 Å². The second-order valence-electron chi connectivity index (χ2n) is 8.43. The van der Waals surface area contributed by atoms with Crippen molar-refractivity contribution in [3.8, 4) is 0 Å². The van der Waals surface area contributed by atoms with E-state index in [-0.39, 0.29) is 35.6 Å². The van der Waals surface area contributed by atoms with Crippen molar-refractivity contribution >= 4 is 3.40 Å². The van der Waals surface area contributed by atoms with Crippen LogP contribution in [0.1, 0.15) is 66.5 Å². The summed E-state index contributed by atoms with van der Waals surface area (Å²) in [6, 6.07) is 0. The van der Waals surface area contributed by atoms with Crippen LogP contribution in [0.4, 0.5) is 0 Å². The van der Waals surface area contributed by atoms with Crippen molar-refractivity contribution in [2.45, 2.75) is 66.2 Å². The molecule has 0 saturated heterocycles. The fourth-order valence-corrected chi connectivity index (χ4v) is 7.16. The largest absolute Gasteiger partial charge is 1.00 e. The third-order valence-corrected chi connectivity index (χ3v) is 7.37. The van der Waals surface area contributed by atoms with Crippen LogP contribution in [0.5, 0.6) is 0 Å². The third kappa shape index (κ3) is 5.23. The van der Waals surface area contributed by atoms with Crippen LogP contribution in [-0.4, -0.2) is 4.98 Å². The number of hydrogen-bond acceptors (Lipinski definition) is 0. The summed E-state index contributed by atoms with van der Waals surface area (Å²) in [4.78, 5) is 3.66. The van der Waals surface area contributed by atoms with Gasteiger partial charge in [-0.15, -0.1) is 0 Å². The summed E-state index contributed by atoms with van der Waals surface area (Å²) < 4.78 is 3.13. The molecule has 0 fully saturated rings. The van der Waals surface area contributed by atoms with Crippen LogP contribution in [0.2, 0.25) is 0 Å². The van der Waals surface area contributed by atoms with E-state index in [2.05, 4.69) is 84.8 Å².